The van der Waals surface area contributed by atoms with Crippen LogP contribution in [0.25, 0.3) is 16.4 Å². The van der Waals surface area contributed by atoms with Crippen LogP contribution in [0.1, 0.15) is 24.2 Å². The zero-order chi connectivity index (χ0) is 22.2. The minimum absolute atomic E-state index is 0.210. The highest BCUT2D eigenvalue weighted by Gasteiger charge is 2.25. The third kappa shape index (κ3) is 3.58. The minimum Gasteiger partial charge on any atom is -0.467 e. The molecule has 1 aromatic carbocycles. The van der Waals surface area contributed by atoms with Gasteiger partial charge in [0.15, 0.2) is 5.82 Å². The van der Waals surface area contributed by atoms with Crippen molar-refractivity contribution < 1.29 is 9.53 Å². The maximum Gasteiger partial charge on any atom is 0.316 e. The van der Waals surface area contributed by atoms with Gasteiger partial charge in [0.25, 0.3) is 5.91 Å². The first-order valence-electron chi connectivity index (χ1n) is 10.5. The van der Waals surface area contributed by atoms with Crippen molar-refractivity contribution in [1.29, 1.82) is 0 Å². The number of fused-ring (bicyclic) bond motifs is 2. The van der Waals surface area contributed by atoms with E-state index in [-0.39, 0.29) is 11.9 Å². The fourth-order valence-electron chi connectivity index (χ4n) is 4.31. The van der Waals surface area contributed by atoms with E-state index in [0.717, 1.165) is 24.2 Å². The summed E-state index contributed by atoms with van der Waals surface area (Å²) in [5, 5.41) is 11.4. The summed E-state index contributed by atoms with van der Waals surface area (Å²) >= 11 is 0. The molecule has 10 nitrogen and oxygen atoms in total. The Kier molecular flexibility index (Phi) is 5.06. The molecule has 5 rings (SSSR count). The van der Waals surface area contributed by atoms with Crippen LogP contribution < -0.4 is 20.3 Å². The van der Waals surface area contributed by atoms with Gasteiger partial charge >= 0.3 is 6.01 Å². The second kappa shape index (κ2) is 8.04. The average molecular weight is 432 g/mol. The van der Waals surface area contributed by atoms with Gasteiger partial charge in [-0.15, -0.1) is 0 Å². The van der Waals surface area contributed by atoms with E-state index in [1.807, 2.05) is 18.2 Å². The van der Waals surface area contributed by atoms with Crippen LogP contribution in [0, 0.1) is 0 Å². The van der Waals surface area contributed by atoms with Crippen molar-refractivity contribution in [3.05, 3.63) is 48.5 Å². The molecule has 1 fully saturated rings. The van der Waals surface area contributed by atoms with E-state index in [1.54, 1.807) is 23.0 Å². The van der Waals surface area contributed by atoms with Gasteiger partial charge in [0.05, 0.1) is 18.2 Å². The third-order valence-corrected chi connectivity index (χ3v) is 5.60. The summed E-state index contributed by atoms with van der Waals surface area (Å²) in [6.45, 7) is 6.03. The largest absolute Gasteiger partial charge is 0.467 e. The zero-order valence-electron chi connectivity index (χ0n) is 18.1. The Morgan fingerprint density at radius 3 is 2.78 bits per heavy atom. The quantitative estimate of drug-likeness (QED) is 0.505. The molecule has 1 aliphatic rings. The Morgan fingerprint density at radius 1 is 1.19 bits per heavy atom. The predicted molar refractivity (Wildman–Crippen MR) is 121 cm³/mol. The molecule has 1 amide bonds. The molecule has 4 heterocycles. The number of benzene rings is 1. The summed E-state index contributed by atoms with van der Waals surface area (Å²) in [7, 11) is 1.51. The van der Waals surface area contributed by atoms with Gasteiger partial charge in [-0.2, -0.15) is 10.1 Å². The highest BCUT2D eigenvalue weighted by molar-refractivity contribution is 6.14. The summed E-state index contributed by atoms with van der Waals surface area (Å²) in [5.74, 6) is 0.115. The van der Waals surface area contributed by atoms with E-state index in [1.165, 1.54) is 13.4 Å². The third-order valence-electron chi connectivity index (χ3n) is 5.60. The van der Waals surface area contributed by atoms with Crippen molar-refractivity contribution in [2.45, 2.75) is 25.9 Å². The Bertz CT molecular complexity index is 1290. The van der Waals surface area contributed by atoms with Crippen LogP contribution in [0.5, 0.6) is 6.01 Å². The maximum absolute atomic E-state index is 13.3. The van der Waals surface area contributed by atoms with Crippen LogP contribution in [0.3, 0.4) is 0 Å². The van der Waals surface area contributed by atoms with Gasteiger partial charge in [0, 0.05) is 48.6 Å². The summed E-state index contributed by atoms with van der Waals surface area (Å²) < 4.78 is 6.90. The second-order valence-electron chi connectivity index (χ2n) is 8.03. The predicted octanol–water partition coefficient (Wildman–Crippen LogP) is 2.12. The number of hydrogen-bond donors (Lipinski definition) is 2. The number of carbonyl (C=O) groups is 1. The van der Waals surface area contributed by atoms with Crippen molar-refractivity contribution in [3.8, 4) is 6.01 Å². The fraction of sp³-hybridized carbons (Fsp3) is 0.318. The van der Waals surface area contributed by atoms with E-state index in [0.29, 0.717) is 34.5 Å². The van der Waals surface area contributed by atoms with Gasteiger partial charge in [-0.05, 0) is 38.1 Å². The van der Waals surface area contributed by atoms with Crippen LogP contribution in [-0.2, 0) is 0 Å². The monoisotopic (exact) mass is 432 g/mol. The lowest BCUT2D eigenvalue weighted by Crippen LogP contribution is -2.54. The molecule has 0 aliphatic carbocycles. The minimum atomic E-state index is -0.314. The van der Waals surface area contributed by atoms with Gasteiger partial charge in [0.1, 0.15) is 11.8 Å². The molecular formula is C22H24N8O2. The zero-order valence-corrected chi connectivity index (χ0v) is 18.1. The van der Waals surface area contributed by atoms with E-state index < -0.39 is 0 Å². The lowest BCUT2D eigenvalue weighted by atomic mass is 10.0. The van der Waals surface area contributed by atoms with E-state index in [2.05, 4.69) is 49.4 Å². The molecule has 1 aliphatic heterocycles. The Hall–Kier alpha value is -3.79. The fourth-order valence-corrected chi connectivity index (χ4v) is 4.31. The van der Waals surface area contributed by atoms with Crippen LogP contribution in [0.4, 0.5) is 11.5 Å². The number of hydrogen-bond acceptors (Lipinski definition) is 8. The van der Waals surface area contributed by atoms with Crippen LogP contribution >= 0.6 is 0 Å². The number of methoxy groups -OCH3 is 1. The highest BCUT2D eigenvalue weighted by Crippen LogP contribution is 2.31. The smallest absolute Gasteiger partial charge is 0.316 e. The molecule has 0 saturated carbocycles. The number of nitrogens with zero attached hydrogens (tertiary/aromatic N) is 6. The van der Waals surface area contributed by atoms with Gasteiger partial charge in [-0.1, -0.05) is 0 Å². The van der Waals surface area contributed by atoms with Crippen molar-refractivity contribution in [1.82, 2.24) is 29.9 Å². The van der Waals surface area contributed by atoms with Gasteiger partial charge in [-0.3, -0.25) is 4.79 Å². The SMILES string of the molecule is COc1ncc2c(N3CC(C)NC(C)C3)ccc(C(=O)Nc3ncnn4cccc34)c2n1. The van der Waals surface area contributed by atoms with Crippen molar-refractivity contribution in [2.75, 3.05) is 30.4 Å². The van der Waals surface area contributed by atoms with E-state index in [9.17, 15) is 4.79 Å². The molecule has 164 valence electrons. The van der Waals surface area contributed by atoms with Gasteiger partial charge in [-0.25, -0.2) is 14.5 Å². The topological polar surface area (TPSA) is 110 Å². The molecule has 4 aromatic rings. The van der Waals surface area contributed by atoms with Crippen molar-refractivity contribution in [3.63, 3.8) is 0 Å². The number of amides is 1. The summed E-state index contributed by atoms with van der Waals surface area (Å²) in [6.07, 6.45) is 4.92. The Balaban J connectivity index is 1.57. The summed E-state index contributed by atoms with van der Waals surface area (Å²) in [4.78, 5) is 28.6. The molecule has 2 atom stereocenters. The summed E-state index contributed by atoms with van der Waals surface area (Å²) in [6, 6.07) is 8.35. The average Bonchev–Trinajstić information content (AvgIpc) is 3.27. The molecule has 10 heteroatoms. The molecule has 0 spiro atoms. The normalized spacial score (nSPS) is 18.8. The molecule has 3 aromatic heterocycles. The molecule has 2 unspecified atom stereocenters. The molecular weight excluding hydrogens is 408 g/mol. The second-order valence-corrected chi connectivity index (χ2v) is 8.03. The molecule has 1 saturated heterocycles. The van der Waals surface area contributed by atoms with Crippen LogP contribution in [0.15, 0.2) is 43.0 Å². The van der Waals surface area contributed by atoms with Crippen LogP contribution in [0.2, 0.25) is 0 Å². The first-order chi connectivity index (χ1) is 15.5. The molecule has 2 N–H and O–H groups in total. The Morgan fingerprint density at radius 2 is 2.00 bits per heavy atom. The van der Waals surface area contributed by atoms with Gasteiger partial charge in [0.2, 0.25) is 0 Å². The van der Waals surface area contributed by atoms with E-state index >= 15 is 0 Å². The lowest BCUT2D eigenvalue weighted by Gasteiger charge is -2.38. The first-order valence-corrected chi connectivity index (χ1v) is 10.5. The molecule has 0 bridgehead atoms. The number of piperazine rings is 1. The highest BCUT2D eigenvalue weighted by atomic mass is 16.5. The summed E-state index contributed by atoms with van der Waals surface area (Å²) in [5.41, 5.74) is 2.66. The standard InChI is InChI=1S/C22H24N8O2/c1-13-10-29(11-14(2)26-13)17-7-6-15(19-16(17)9-23-22(27-19)32-3)21(31)28-20-18-5-4-8-30(18)25-12-24-20/h4-9,12-14,26H,10-11H2,1-3H3,(H,24,25,28,31). The lowest BCUT2D eigenvalue weighted by molar-refractivity contribution is 0.102. The van der Waals surface area contributed by atoms with E-state index in [4.69, 9.17) is 4.74 Å². The van der Waals surface area contributed by atoms with Crippen molar-refractivity contribution >= 4 is 33.8 Å². The number of nitrogens with one attached hydrogen (secondary N) is 2. The van der Waals surface area contributed by atoms with Gasteiger partial charge < -0.3 is 20.3 Å². The number of ether oxygens (including phenoxy) is 1. The Labute approximate surface area is 184 Å². The number of anilines is 2. The number of rotatable bonds is 4. The molecule has 32 heavy (non-hydrogen) atoms. The van der Waals surface area contributed by atoms with Crippen LogP contribution in [-0.4, -0.2) is 62.8 Å². The van der Waals surface area contributed by atoms with Crippen molar-refractivity contribution in [2.24, 2.45) is 0 Å². The maximum atomic E-state index is 13.3. The molecule has 0 radical (unpaired) electrons. The number of aromatic nitrogens is 5. The first kappa shape index (κ1) is 20.1. The number of carbonyl (C=O) groups excluding carboxylic acids is 1.